The standard InChI is InChI=1S/C23H24F2N6O3/c1-13(2)30-12-14-9-18(19(10-15(14)23(30)33)29-5-7-34-8-6-29)28-22(32)16-11-26-31-4-3-17(20(24)25)27-21(16)31/h3-4,9-11,13,20H,5-8,12H2,1-2H3,(H,28,32). The van der Waals surface area contributed by atoms with Crippen molar-refractivity contribution >= 4 is 28.8 Å². The Labute approximate surface area is 194 Å². The number of hydrogen-bond donors (Lipinski definition) is 1. The molecule has 34 heavy (non-hydrogen) atoms. The first kappa shape index (κ1) is 22.2. The maximum Gasteiger partial charge on any atom is 0.280 e. The molecule has 3 aromatic rings. The van der Waals surface area contributed by atoms with Crippen molar-refractivity contribution in [2.45, 2.75) is 32.9 Å². The highest BCUT2D eigenvalue weighted by Gasteiger charge is 2.32. The number of amides is 2. The van der Waals surface area contributed by atoms with Gasteiger partial charge in [-0.3, -0.25) is 9.59 Å². The van der Waals surface area contributed by atoms with E-state index in [0.717, 1.165) is 5.56 Å². The van der Waals surface area contributed by atoms with E-state index < -0.39 is 18.0 Å². The number of ether oxygens (including phenoxy) is 1. The average Bonchev–Trinajstić information content (AvgIpc) is 3.39. The molecule has 0 radical (unpaired) electrons. The van der Waals surface area contributed by atoms with Crippen LogP contribution in [-0.2, 0) is 11.3 Å². The summed E-state index contributed by atoms with van der Waals surface area (Å²) in [6.07, 6.45) is -0.109. The van der Waals surface area contributed by atoms with Crippen LogP contribution in [0.4, 0.5) is 20.2 Å². The molecule has 2 aliphatic rings. The summed E-state index contributed by atoms with van der Waals surface area (Å²) >= 11 is 0. The van der Waals surface area contributed by atoms with E-state index in [1.807, 2.05) is 26.0 Å². The van der Waals surface area contributed by atoms with Gasteiger partial charge in [-0.15, -0.1) is 0 Å². The number of aromatic nitrogens is 3. The molecule has 0 unspecified atom stereocenters. The van der Waals surface area contributed by atoms with Crippen molar-refractivity contribution in [1.82, 2.24) is 19.5 Å². The number of benzene rings is 1. The van der Waals surface area contributed by atoms with Gasteiger partial charge in [0.1, 0.15) is 11.3 Å². The fourth-order valence-corrected chi connectivity index (χ4v) is 4.31. The highest BCUT2D eigenvalue weighted by atomic mass is 19.3. The van der Waals surface area contributed by atoms with E-state index in [2.05, 4.69) is 20.3 Å². The molecule has 0 spiro atoms. The molecule has 1 N–H and O–H groups in total. The van der Waals surface area contributed by atoms with Crippen molar-refractivity contribution in [2.75, 3.05) is 36.5 Å². The number of hydrogen-bond acceptors (Lipinski definition) is 6. The van der Waals surface area contributed by atoms with Gasteiger partial charge in [0.25, 0.3) is 18.2 Å². The summed E-state index contributed by atoms with van der Waals surface area (Å²) in [5.74, 6) is -0.558. The third kappa shape index (κ3) is 3.85. The molecule has 9 nitrogen and oxygen atoms in total. The third-order valence-corrected chi connectivity index (χ3v) is 6.14. The first-order valence-corrected chi connectivity index (χ1v) is 11.1. The Kier molecular flexibility index (Phi) is 5.64. The summed E-state index contributed by atoms with van der Waals surface area (Å²) in [5, 5.41) is 6.97. The molecule has 0 atom stereocenters. The van der Waals surface area contributed by atoms with Crippen LogP contribution >= 0.6 is 0 Å². The van der Waals surface area contributed by atoms with E-state index in [1.54, 1.807) is 4.90 Å². The zero-order valence-electron chi connectivity index (χ0n) is 18.8. The van der Waals surface area contributed by atoms with Crippen LogP contribution in [0.5, 0.6) is 0 Å². The van der Waals surface area contributed by atoms with Crippen molar-refractivity contribution < 1.29 is 23.1 Å². The molecule has 1 fully saturated rings. The predicted molar refractivity (Wildman–Crippen MR) is 120 cm³/mol. The topological polar surface area (TPSA) is 92.1 Å². The Morgan fingerprint density at radius 2 is 1.97 bits per heavy atom. The van der Waals surface area contributed by atoms with Crippen molar-refractivity contribution in [2.24, 2.45) is 0 Å². The molecule has 0 saturated carbocycles. The molecular formula is C23H24F2N6O3. The Morgan fingerprint density at radius 1 is 1.21 bits per heavy atom. The highest BCUT2D eigenvalue weighted by Crippen LogP contribution is 2.36. The molecule has 4 heterocycles. The number of morpholine rings is 1. The molecule has 2 aromatic heterocycles. The summed E-state index contributed by atoms with van der Waals surface area (Å²) in [4.78, 5) is 33.9. The first-order chi connectivity index (χ1) is 16.3. The van der Waals surface area contributed by atoms with Gasteiger partial charge in [-0.25, -0.2) is 18.3 Å². The minimum Gasteiger partial charge on any atom is -0.378 e. The van der Waals surface area contributed by atoms with Crippen molar-refractivity contribution in [3.63, 3.8) is 0 Å². The number of nitrogens with zero attached hydrogens (tertiary/aromatic N) is 5. The Bertz CT molecular complexity index is 1270. The molecule has 178 valence electrons. The van der Waals surface area contributed by atoms with Crippen LogP contribution in [0.1, 0.15) is 52.2 Å². The minimum absolute atomic E-state index is 0.0382. The van der Waals surface area contributed by atoms with Gasteiger partial charge >= 0.3 is 0 Å². The molecule has 1 aromatic carbocycles. The molecule has 11 heteroatoms. The van der Waals surface area contributed by atoms with Gasteiger partial charge in [0, 0.05) is 37.4 Å². The van der Waals surface area contributed by atoms with Crippen LogP contribution in [0.15, 0.2) is 30.6 Å². The quantitative estimate of drug-likeness (QED) is 0.616. The summed E-state index contributed by atoms with van der Waals surface area (Å²) in [6, 6.07) is 4.85. The van der Waals surface area contributed by atoms with Gasteiger partial charge in [-0.1, -0.05) is 0 Å². The fraction of sp³-hybridized carbons (Fsp3) is 0.391. The summed E-state index contributed by atoms with van der Waals surface area (Å²) < 4.78 is 33.0. The number of alkyl halides is 2. The second-order valence-electron chi connectivity index (χ2n) is 8.59. The molecule has 0 bridgehead atoms. The molecule has 5 rings (SSSR count). The smallest absolute Gasteiger partial charge is 0.280 e. The molecule has 1 saturated heterocycles. The first-order valence-electron chi connectivity index (χ1n) is 11.1. The summed E-state index contributed by atoms with van der Waals surface area (Å²) in [5.41, 5.74) is 2.39. The van der Waals surface area contributed by atoms with E-state index in [4.69, 9.17) is 4.74 Å². The van der Waals surface area contributed by atoms with E-state index in [0.29, 0.717) is 49.8 Å². The Morgan fingerprint density at radius 3 is 2.68 bits per heavy atom. The number of nitrogens with one attached hydrogen (secondary N) is 1. The fourth-order valence-electron chi connectivity index (χ4n) is 4.31. The number of halogens is 2. The number of carbonyl (C=O) groups is 2. The van der Waals surface area contributed by atoms with E-state index in [1.165, 1.54) is 23.0 Å². The lowest BCUT2D eigenvalue weighted by Gasteiger charge is -2.31. The molecule has 2 aliphatic heterocycles. The summed E-state index contributed by atoms with van der Waals surface area (Å²) in [6.45, 7) is 6.66. The largest absolute Gasteiger partial charge is 0.378 e. The maximum absolute atomic E-state index is 13.2. The number of anilines is 2. The molecular weight excluding hydrogens is 446 g/mol. The number of carbonyl (C=O) groups excluding carboxylic acids is 2. The number of fused-ring (bicyclic) bond motifs is 2. The third-order valence-electron chi connectivity index (χ3n) is 6.14. The minimum atomic E-state index is -2.76. The van der Waals surface area contributed by atoms with Crippen molar-refractivity contribution in [3.8, 4) is 0 Å². The zero-order valence-corrected chi connectivity index (χ0v) is 18.8. The van der Waals surface area contributed by atoms with Crippen molar-refractivity contribution in [1.29, 1.82) is 0 Å². The van der Waals surface area contributed by atoms with Crippen LogP contribution in [0.3, 0.4) is 0 Å². The molecule has 2 amide bonds. The molecule has 0 aliphatic carbocycles. The zero-order chi connectivity index (χ0) is 24.0. The normalized spacial score (nSPS) is 16.1. The second kappa shape index (κ2) is 8.64. The Balaban J connectivity index is 1.52. The monoisotopic (exact) mass is 470 g/mol. The average molecular weight is 470 g/mol. The summed E-state index contributed by atoms with van der Waals surface area (Å²) in [7, 11) is 0. The van der Waals surface area contributed by atoms with Gasteiger partial charge in [-0.2, -0.15) is 5.10 Å². The number of rotatable bonds is 5. The maximum atomic E-state index is 13.2. The van der Waals surface area contributed by atoms with Crippen LogP contribution < -0.4 is 10.2 Å². The van der Waals surface area contributed by atoms with E-state index in [9.17, 15) is 18.4 Å². The lowest BCUT2D eigenvalue weighted by Crippen LogP contribution is -2.37. The van der Waals surface area contributed by atoms with Gasteiger partial charge in [0.15, 0.2) is 5.65 Å². The SMILES string of the molecule is CC(C)N1Cc2cc(NC(=O)c3cnn4ccc(C(F)F)nc34)c(N3CCOCC3)cc2C1=O. The van der Waals surface area contributed by atoms with Crippen LogP contribution in [0.25, 0.3) is 5.65 Å². The van der Waals surface area contributed by atoms with Crippen LogP contribution in [0.2, 0.25) is 0 Å². The van der Waals surface area contributed by atoms with Crippen LogP contribution in [0, 0.1) is 0 Å². The predicted octanol–water partition coefficient (Wildman–Crippen LogP) is 3.12. The van der Waals surface area contributed by atoms with Gasteiger partial charge in [-0.05, 0) is 37.6 Å². The highest BCUT2D eigenvalue weighted by molar-refractivity contribution is 6.10. The second-order valence-corrected chi connectivity index (χ2v) is 8.59. The van der Waals surface area contributed by atoms with Gasteiger partial charge in [0.2, 0.25) is 0 Å². The van der Waals surface area contributed by atoms with Gasteiger partial charge in [0.05, 0.1) is 30.8 Å². The van der Waals surface area contributed by atoms with Gasteiger partial charge < -0.3 is 19.9 Å². The van der Waals surface area contributed by atoms with Crippen molar-refractivity contribution in [3.05, 3.63) is 53.0 Å². The lowest BCUT2D eigenvalue weighted by molar-refractivity contribution is 0.0730. The van der Waals surface area contributed by atoms with E-state index in [-0.39, 0.29) is 23.2 Å². The lowest BCUT2D eigenvalue weighted by atomic mass is 10.1. The Hall–Kier alpha value is -3.60. The van der Waals surface area contributed by atoms with E-state index >= 15 is 0 Å². The van der Waals surface area contributed by atoms with Crippen LogP contribution in [-0.4, -0.2) is 63.7 Å².